The van der Waals surface area contributed by atoms with E-state index in [2.05, 4.69) is 22.1 Å². The van der Waals surface area contributed by atoms with Crippen LogP contribution >= 0.6 is 0 Å². The smallest absolute Gasteiger partial charge is 0.260 e. The van der Waals surface area contributed by atoms with Crippen LogP contribution in [0.25, 0.3) is 11.1 Å². The van der Waals surface area contributed by atoms with Crippen molar-refractivity contribution < 1.29 is 13.9 Å². The molecule has 1 aliphatic heterocycles. The monoisotopic (exact) mass is 439 g/mol. The van der Waals surface area contributed by atoms with Gasteiger partial charge in [0.2, 0.25) is 5.88 Å². The Hall–Kier alpha value is -4.06. The largest absolute Gasteiger partial charge is 0.435 e. The summed E-state index contributed by atoms with van der Waals surface area (Å²) in [5, 5.41) is 0. The molecule has 0 bridgehead atoms. The third kappa shape index (κ3) is 4.20. The molecule has 0 aliphatic carbocycles. The summed E-state index contributed by atoms with van der Waals surface area (Å²) in [6, 6.07) is 18.6. The number of carbonyl (C=O) groups excluding carboxylic acids is 1. The molecule has 5 nitrogen and oxygen atoms in total. The van der Waals surface area contributed by atoms with E-state index in [1.165, 1.54) is 6.07 Å². The van der Waals surface area contributed by atoms with Crippen LogP contribution in [-0.2, 0) is 13.1 Å². The number of rotatable bonds is 5. The molecule has 0 N–H and O–H groups in total. The van der Waals surface area contributed by atoms with E-state index in [0.29, 0.717) is 18.7 Å². The second kappa shape index (κ2) is 8.47. The highest BCUT2D eigenvalue weighted by molar-refractivity contribution is 6.00. The Labute approximate surface area is 191 Å². The Morgan fingerprint density at radius 3 is 2.52 bits per heavy atom. The summed E-state index contributed by atoms with van der Waals surface area (Å²) in [6.07, 6.45) is 3.39. The molecule has 3 heterocycles. The number of aromatic nitrogens is 2. The second-order valence-electron chi connectivity index (χ2n) is 8.23. The van der Waals surface area contributed by atoms with Crippen LogP contribution in [0.1, 0.15) is 32.7 Å². The van der Waals surface area contributed by atoms with E-state index in [0.717, 1.165) is 33.5 Å². The fourth-order valence-corrected chi connectivity index (χ4v) is 4.02. The zero-order chi connectivity index (χ0) is 22.9. The second-order valence-corrected chi connectivity index (χ2v) is 8.23. The molecule has 4 aromatic rings. The van der Waals surface area contributed by atoms with E-state index in [1.807, 2.05) is 44.2 Å². The van der Waals surface area contributed by atoms with Gasteiger partial charge < -0.3 is 9.64 Å². The van der Waals surface area contributed by atoms with Crippen molar-refractivity contribution in [3.63, 3.8) is 0 Å². The third-order valence-corrected chi connectivity index (χ3v) is 5.72. The fourth-order valence-electron chi connectivity index (χ4n) is 4.02. The van der Waals surface area contributed by atoms with E-state index in [4.69, 9.17) is 4.74 Å². The van der Waals surface area contributed by atoms with Crippen molar-refractivity contribution in [1.82, 2.24) is 14.9 Å². The number of nitrogens with zero attached hydrogens (tertiary/aromatic N) is 3. The fraction of sp³-hybridized carbons (Fsp3) is 0.148. The van der Waals surface area contributed by atoms with Gasteiger partial charge in [0.15, 0.2) is 11.6 Å². The van der Waals surface area contributed by atoms with Gasteiger partial charge in [0.05, 0.1) is 0 Å². The number of halogens is 1. The molecule has 0 atom stereocenters. The number of pyridine rings is 2. The Morgan fingerprint density at radius 1 is 0.939 bits per heavy atom. The van der Waals surface area contributed by atoms with Crippen molar-refractivity contribution >= 4 is 5.91 Å². The average molecular weight is 439 g/mol. The Morgan fingerprint density at radius 2 is 1.73 bits per heavy atom. The molecule has 1 aliphatic rings. The lowest BCUT2D eigenvalue weighted by molar-refractivity contribution is 0.0764. The highest BCUT2D eigenvalue weighted by atomic mass is 19.1. The van der Waals surface area contributed by atoms with Crippen LogP contribution in [0, 0.1) is 19.7 Å². The summed E-state index contributed by atoms with van der Waals surface area (Å²) in [5.41, 5.74) is 6.26. The Bertz CT molecular complexity index is 1350. The SMILES string of the molecule is Cc1ccc(F)c(Oc2nccc3c2C(=O)N(Cc2ccc(-c4ccnc(C)c4)cc2)C3)c1. The van der Waals surface area contributed by atoms with Crippen molar-refractivity contribution in [2.45, 2.75) is 26.9 Å². The number of ether oxygens (including phenoxy) is 1. The third-order valence-electron chi connectivity index (χ3n) is 5.72. The molecule has 5 rings (SSSR count). The van der Waals surface area contributed by atoms with Crippen LogP contribution in [0.4, 0.5) is 4.39 Å². The molecule has 0 fully saturated rings. The quantitative estimate of drug-likeness (QED) is 0.392. The first-order valence-corrected chi connectivity index (χ1v) is 10.7. The van der Waals surface area contributed by atoms with Crippen molar-refractivity contribution in [2.24, 2.45) is 0 Å². The minimum atomic E-state index is -0.494. The Kier molecular flexibility index (Phi) is 5.34. The molecular weight excluding hydrogens is 417 g/mol. The van der Waals surface area contributed by atoms with Gasteiger partial charge in [-0.2, -0.15) is 0 Å². The van der Waals surface area contributed by atoms with Crippen molar-refractivity contribution in [2.75, 3.05) is 0 Å². The van der Waals surface area contributed by atoms with Gasteiger partial charge in [0.1, 0.15) is 5.56 Å². The van der Waals surface area contributed by atoms with Crippen molar-refractivity contribution in [3.05, 3.63) is 107 Å². The van der Waals surface area contributed by atoms with Gasteiger partial charge in [-0.05, 0) is 72.0 Å². The van der Waals surface area contributed by atoms with Gasteiger partial charge in [0, 0.05) is 31.2 Å². The summed E-state index contributed by atoms with van der Waals surface area (Å²) < 4.78 is 19.9. The van der Waals surface area contributed by atoms with Gasteiger partial charge in [-0.15, -0.1) is 0 Å². The molecule has 0 saturated carbocycles. The lowest BCUT2D eigenvalue weighted by Gasteiger charge is -2.16. The minimum absolute atomic E-state index is 0.0593. The lowest BCUT2D eigenvalue weighted by atomic mass is 10.0. The number of amides is 1. The van der Waals surface area contributed by atoms with E-state index in [9.17, 15) is 9.18 Å². The number of hydrogen-bond acceptors (Lipinski definition) is 4. The summed E-state index contributed by atoms with van der Waals surface area (Å²) in [4.78, 5) is 23.4. The highest BCUT2D eigenvalue weighted by Gasteiger charge is 2.32. The van der Waals surface area contributed by atoms with Crippen LogP contribution in [0.15, 0.2) is 73.1 Å². The van der Waals surface area contributed by atoms with Crippen LogP contribution in [-0.4, -0.2) is 20.8 Å². The molecule has 1 amide bonds. The van der Waals surface area contributed by atoms with Crippen molar-refractivity contribution in [1.29, 1.82) is 0 Å². The van der Waals surface area contributed by atoms with Gasteiger partial charge in [-0.1, -0.05) is 30.3 Å². The molecule has 0 unspecified atom stereocenters. The maximum atomic E-state index is 14.2. The molecular formula is C27H22FN3O2. The first kappa shape index (κ1) is 20.8. The number of hydrogen-bond donors (Lipinski definition) is 0. The van der Waals surface area contributed by atoms with Gasteiger partial charge in [0.25, 0.3) is 5.91 Å². The standard InChI is InChI=1S/C27H22FN3O2/c1-17-3-8-23(28)24(13-17)33-26-25-22(10-12-30-26)16-31(27(25)32)15-19-4-6-20(7-5-19)21-9-11-29-18(2)14-21/h3-14H,15-16H2,1-2H3. The molecule has 2 aromatic carbocycles. The van der Waals surface area contributed by atoms with Crippen LogP contribution in [0.5, 0.6) is 11.6 Å². The molecule has 0 radical (unpaired) electrons. The maximum absolute atomic E-state index is 14.2. The molecule has 6 heteroatoms. The molecule has 0 spiro atoms. The maximum Gasteiger partial charge on any atom is 0.260 e. The average Bonchev–Trinajstić information content (AvgIpc) is 3.13. The molecule has 0 saturated heterocycles. The number of benzene rings is 2. The summed E-state index contributed by atoms with van der Waals surface area (Å²) >= 11 is 0. The topological polar surface area (TPSA) is 55.3 Å². The van der Waals surface area contributed by atoms with E-state index < -0.39 is 5.82 Å². The van der Waals surface area contributed by atoms with E-state index in [-0.39, 0.29) is 17.5 Å². The molecule has 2 aromatic heterocycles. The van der Waals surface area contributed by atoms with Gasteiger partial charge >= 0.3 is 0 Å². The number of fused-ring (bicyclic) bond motifs is 1. The predicted molar refractivity (Wildman–Crippen MR) is 123 cm³/mol. The summed E-state index contributed by atoms with van der Waals surface area (Å²) in [6.45, 7) is 4.73. The van der Waals surface area contributed by atoms with Crippen LogP contribution in [0.3, 0.4) is 0 Å². The normalized spacial score (nSPS) is 12.7. The van der Waals surface area contributed by atoms with Crippen LogP contribution < -0.4 is 4.74 Å². The summed E-state index contributed by atoms with van der Waals surface area (Å²) in [5.74, 6) is -0.473. The van der Waals surface area contributed by atoms with Crippen LogP contribution in [0.2, 0.25) is 0 Å². The van der Waals surface area contributed by atoms with Gasteiger partial charge in [-0.25, -0.2) is 9.37 Å². The molecule has 33 heavy (non-hydrogen) atoms. The first-order chi connectivity index (χ1) is 16.0. The van der Waals surface area contributed by atoms with Gasteiger partial charge in [-0.3, -0.25) is 9.78 Å². The predicted octanol–water partition coefficient (Wildman–Crippen LogP) is 5.85. The number of aryl methyl sites for hydroxylation is 2. The first-order valence-electron chi connectivity index (χ1n) is 10.7. The minimum Gasteiger partial charge on any atom is -0.435 e. The molecule has 164 valence electrons. The van der Waals surface area contributed by atoms with E-state index >= 15 is 0 Å². The highest BCUT2D eigenvalue weighted by Crippen LogP contribution is 2.34. The van der Waals surface area contributed by atoms with Crippen molar-refractivity contribution in [3.8, 4) is 22.8 Å². The lowest BCUT2D eigenvalue weighted by Crippen LogP contribution is -2.23. The summed E-state index contributed by atoms with van der Waals surface area (Å²) in [7, 11) is 0. The zero-order valence-electron chi connectivity index (χ0n) is 18.4. The zero-order valence-corrected chi connectivity index (χ0v) is 18.4. The van der Waals surface area contributed by atoms with E-state index in [1.54, 1.807) is 29.4 Å². The number of carbonyl (C=O) groups is 1. The Balaban J connectivity index is 1.35.